The van der Waals surface area contributed by atoms with Gasteiger partial charge < -0.3 is 5.73 Å². The van der Waals surface area contributed by atoms with Crippen LogP contribution in [-0.2, 0) is 6.42 Å². The quantitative estimate of drug-likeness (QED) is 0.916. The Morgan fingerprint density at radius 3 is 2.88 bits per heavy atom. The van der Waals surface area contributed by atoms with Gasteiger partial charge in [0.25, 0.3) is 0 Å². The Bertz CT molecular complexity index is 325. The summed E-state index contributed by atoms with van der Waals surface area (Å²) in [5.41, 5.74) is 7.79. The lowest BCUT2D eigenvalue weighted by Gasteiger charge is -2.34. The van der Waals surface area contributed by atoms with E-state index in [0.29, 0.717) is 11.3 Å². The van der Waals surface area contributed by atoms with Gasteiger partial charge in [-0.25, -0.2) is 0 Å². The van der Waals surface area contributed by atoms with Crippen molar-refractivity contribution in [3.63, 3.8) is 0 Å². The van der Waals surface area contributed by atoms with Crippen molar-refractivity contribution in [2.24, 2.45) is 5.73 Å². The van der Waals surface area contributed by atoms with Crippen LogP contribution in [0.1, 0.15) is 25.8 Å². The lowest BCUT2D eigenvalue weighted by Crippen LogP contribution is -2.40. The van der Waals surface area contributed by atoms with Crippen molar-refractivity contribution in [1.29, 1.82) is 0 Å². The molecule has 0 spiro atoms. The summed E-state index contributed by atoms with van der Waals surface area (Å²) in [7, 11) is 0. The second-order valence-corrected chi connectivity index (χ2v) is 8.56. The molecule has 1 aliphatic heterocycles. The van der Waals surface area contributed by atoms with Gasteiger partial charge in [0.15, 0.2) is 0 Å². The van der Waals surface area contributed by atoms with Gasteiger partial charge in [0, 0.05) is 27.5 Å². The first-order chi connectivity index (χ1) is 8.16. The van der Waals surface area contributed by atoms with E-state index in [1.54, 1.807) is 11.3 Å². The first-order valence-electron chi connectivity index (χ1n) is 6.20. The molecule has 1 saturated heterocycles. The molecule has 1 fully saturated rings. The Labute approximate surface area is 117 Å². The number of aryl methyl sites for hydroxylation is 1. The van der Waals surface area contributed by atoms with E-state index in [0.717, 1.165) is 23.3 Å². The molecule has 0 saturated carbocycles. The van der Waals surface area contributed by atoms with Crippen LogP contribution in [0.4, 0.5) is 0 Å². The molecule has 2 heterocycles. The topological polar surface area (TPSA) is 26.0 Å². The smallest absolute Gasteiger partial charge is 0.0292 e. The second kappa shape index (κ2) is 6.50. The summed E-state index contributed by atoms with van der Waals surface area (Å²) in [5, 5.41) is 6.55. The third-order valence-electron chi connectivity index (χ3n) is 3.40. The first-order valence-corrected chi connectivity index (χ1v) is 9.14. The molecule has 0 amide bonds. The molecule has 1 aromatic heterocycles. The van der Waals surface area contributed by atoms with Gasteiger partial charge >= 0.3 is 0 Å². The van der Waals surface area contributed by atoms with Crippen molar-refractivity contribution < 1.29 is 0 Å². The highest BCUT2D eigenvalue weighted by atomic mass is 32.2. The van der Waals surface area contributed by atoms with Crippen molar-refractivity contribution in [1.82, 2.24) is 0 Å². The van der Waals surface area contributed by atoms with E-state index < -0.39 is 0 Å². The summed E-state index contributed by atoms with van der Waals surface area (Å²) in [4.78, 5) is 0. The molecule has 4 unspecified atom stereocenters. The van der Waals surface area contributed by atoms with Crippen LogP contribution in [0.15, 0.2) is 16.8 Å². The zero-order valence-corrected chi connectivity index (χ0v) is 12.9. The highest BCUT2D eigenvalue weighted by Crippen LogP contribution is 2.37. The number of hydrogen-bond acceptors (Lipinski definition) is 4. The Balaban J connectivity index is 1.78. The maximum absolute atomic E-state index is 6.34. The van der Waals surface area contributed by atoms with Crippen LogP contribution >= 0.6 is 34.9 Å². The number of thiophene rings is 1. The van der Waals surface area contributed by atoms with Crippen molar-refractivity contribution in [3.05, 3.63) is 22.4 Å². The van der Waals surface area contributed by atoms with Crippen LogP contribution < -0.4 is 5.73 Å². The highest BCUT2D eigenvalue weighted by Gasteiger charge is 2.29. The summed E-state index contributed by atoms with van der Waals surface area (Å²) >= 11 is 5.96. The van der Waals surface area contributed by atoms with Gasteiger partial charge in [-0.15, -0.1) is 0 Å². The molecule has 2 N–H and O–H groups in total. The minimum absolute atomic E-state index is 0.349. The van der Waals surface area contributed by atoms with Gasteiger partial charge in [-0.05, 0) is 35.2 Å². The second-order valence-electron chi connectivity index (χ2n) is 4.75. The predicted molar refractivity (Wildman–Crippen MR) is 83.4 cm³/mol. The van der Waals surface area contributed by atoms with Crippen LogP contribution in [0, 0.1) is 0 Å². The lowest BCUT2D eigenvalue weighted by molar-refractivity contribution is 0.606. The zero-order chi connectivity index (χ0) is 12.3. The molecular weight excluding hydrogens is 266 g/mol. The van der Waals surface area contributed by atoms with Crippen molar-refractivity contribution >= 4 is 34.9 Å². The average molecular weight is 288 g/mol. The fourth-order valence-electron chi connectivity index (χ4n) is 1.99. The summed E-state index contributed by atoms with van der Waals surface area (Å²) in [6, 6.07) is 2.56. The van der Waals surface area contributed by atoms with Gasteiger partial charge in [-0.2, -0.15) is 34.9 Å². The summed E-state index contributed by atoms with van der Waals surface area (Å²) in [6.07, 6.45) is 2.26. The molecule has 0 radical (unpaired) electrons. The van der Waals surface area contributed by atoms with Gasteiger partial charge in [-0.3, -0.25) is 0 Å². The third kappa shape index (κ3) is 3.91. The average Bonchev–Trinajstić information content (AvgIpc) is 2.82. The van der Waals surface area contributed by atoms with E-state index in [9.17, 15) is 0 Å². The highest BCUT2D eigenvalue weighted by molar-refractivity contribution is 8.07. The van der Waals surface area contributed by atoms with Crippen LogP contribution in [0.25, 0.3) is 0 Å². The van der Waals surface area contributed by atoms with E-state index in [1.807, 2.05) is 0 Å². The van der Waals surface area contributed by atoms with E-state index >= 15 is 0 Å². The van der Waals surface area contributed by atoms with E-state index in [4.69, 9.17) is 5.73 Å². The van der Waals surface area contributed by atoms with Crippen molar-refractivity contribution in [2.75, 3.05) is 5.75 Å². The molecule has 4 heteroatoms. The van der Waals surface area contributed by atoms with Crippen LogP contribution in [-0.4, -0.2) is 27.5 Å². The standard InChI is InChI=1S/C13H21NS3/c1-9-10(2)17-13(8-16-9)12(14)4-3-11-5-6-15-7-11/h5-7,9-10,12-13H,3-4,8,14H2,1-2H3. The fraction of sp³-hybridized carbons (Fsp3) is 0.692. The molecule has 1 aromatic rings. The summed E-state index contributed by atoms with van der Waals surface area (Å²) in [5.74, 6) is 1.22. The molecule has 96 valence electrons. The number of hydrogen-bond donors (Lipinski definition) is 1. The molecule has 2 rings (SSSR count). The number of nitrogens with two attached hydrogens (primary N) is 1. The maximum Gasteiger partial charge on any atom is 0.0292 e. The largest absolute Gasteiger partial charge is 0.327 e. The third-order valence-corrected chi connectivity index (χ3v) is 7.70. The zero-order valence-electron chi connectivity index (χ0n) is 10.5. The first kappa shape index (κ1) is 13.8. The predicted octanol–water partition coefficient (Wildman–Crippen LogP) is 3.63. The molecule has 1 aliphatic rings. The van der Waals surface area contributed by atoms with Gasteiger partial charge in [0.05, 0.1) is 0 Å². The van der Waals surface area contributed by atoms with E-state index in [1.165, 1.54) is 11.3 Å². The lowest BCUT2D eigenvalue weighted by atomic mass is 10.1. The molecular formula is C13H21NS3. The summed E-state index contributed by atoms with van der Waals surface area (Å²) in [6.45, 7) is 4.66. The van der Waals surface area contributed by atoms with Gasteiger partial charge in [0.1, 0.15) is 0 Å². The van der Waals surface area contributed by atoms with Gasteiger partial charge in [0.2, 0.25) is 0 Å². The van der Waals surface area contributed by atoms with E-state index in [-0.39, 0.29) is 0 Å². The molecule has 0 bridgehead atoms. The maximum atomic E-state index is 6.34. The van der Waals surface area contributed by atoms with Crippen molar-refractivity contribution in [3.8, 4) is 0 Å². The normalized spacial score (nSPS) is 31.4. The molecule has 0 aliphatic carbocycles. The Morgan fingerprint density at radius 1 is 1.41 bits per heavy atom. The minimum Gasteiger partial charge on any atom is -0.327 e. The molecule has 0 aromatic carbocycles. The van der Waals surface area contributed by atoms with Crippen LogP contribution in [0.5, 0.6) is 0 Å². The monoisotopic (exact) mass is 287 g/mol. The number of rotatable bonds is 4. The fourth-order valence-corrected chi connectivity index (χ4v) is 5.79. The van der Waals surface area contributed by atoms with Crippen molar-refractivity contribution in [2.45, 2.75) is 48.5 Å². The number of thioether (sulfide) groups is 2. The molecule has 4 atom stereocenters. The Morgan fingerprint density at radius 2 is 2.24 bits per heavy atom. The minimum atomic E-state index is 0.349. The SMILES string of the molecule is CC1SCC(C(N)CCc2ccsc2)SC1C. The van der Waals surface area contributed by atoms with E-state index in [2.05, 4.69) is 54.2 Å². The van der Waals surface area contributed by atoms with Gasteiger partial charge in [-0.1, -0.05) is 13.8 Å². The van der Waals surface area contributed by atoms with Crippen LogP contribution in [0.2, 0.25) is 0 Å². The Kier molecular flexibility index (Phi) is 5.27. The Hall–Kier alpha value is 0.360. The van der Waals surface area contributed by atoms with Crippen LogP contribution in [0.3, 0.4) is 0 Å². The summed E-state index contributed by atoms with van der Waals surface area (Å²) < 4.78 is 0. The molecule has 17 heavy (non-hydrogen) atoms. The molecule has 1 nitrogen and oxygen atoms in total.